The van der Waals surface area contributed by atoms with E-state index in [4.69, 9.17) is 5.73 Å². The van der Waals surface area contributed by atoms with Crippen molar-refractivity contribution in [3.63, 3.8) is 0 Å². The van der Waals surface area contributed by atoms with E-state index in [0.717, 1.165) is 24.7 Å². The van der Waals surface area contributed by atoms with Crippen LogP contribution in [0.1, 0.15) is 31.5 Å². The van der Waals surface area contributed by atoms with Crippen LogP contribution in [-0.4, -0.2) is 16.5 Å². The second-order valence-corrected chi connectivity index (χ2v) is 4.50. The lowest BCUT2D eigenvalue weighted by atomic mass is 10.0. The molecular weight excluding hydrogens is 248 g/mol. The summed E-state index contributed by atoms with van der Waals surface area (Å²) >= 11 is 0. The number of rotatable bonds is 5. The molecule has 0 saturated heterocycles. The van der Waals surface area contributed by atoms with Crippen LogP contribution in [0, 0.1) is 11.6 Å². The number of hydrogen-bond donors (Lipinski definition) is 2. The summed E-state index contributed by atoms with van der Waals surface area (Å²) in [6.07, 6.45) is 3.42. The number of nitrogens with zero attached hydrogens (tertiary/aromatic N) is 1. The van der Waals surface area contributed by atoms with Gasteiger partial charge in [-0.25, -0.2) is 13.8 Å². The minimum absolute atomic E-state index is 0.121. The summed E-state index contributed by atoms with van der Waals surface area (Å²) in [7, 11) is 0. The number of benzene rings is 1. The number of hydrogen-bond acceptors (Lipinski definition) is 2. The van der Waals surface area contributed by atoms with Crippen LogP contribution in [-0.2, 0) is 0 Å². The lowest BCUT2D eigenvalue weighted by Gasteiger charge is -2.10. The quantitative estimate of drug-likeness (QED) is 0.872. The van der Waals surface area contributed by atoms with Crippen molar-refractivity contribution in [2.45, 2.75) is 25.7 Å². The van der Waals surface area contributed by atoms with Crippen molar-refractivity contribution in [1.29, 1.82) is 0 Å². The van der Waals surface area contributed by atoms with Gasteiger partial charge in [0.25, 0.3) is 0 Å². The highest BCUT2D eigenvalue weighted by Crippen LogP contribution is 2.25. The standard InChI is InChI=1S/C14H17F2N3/c1-2-4-9(7-17)14-18-8-12(19-14)10-5-3-6-11(15)13(10)16/h3,5-6,8-9H,2,4,7,17H2,1H3,(H,18,19). The summed E-state index contributed by atoms with van der Waals surface area (Å²) in [5.74, 6) is -0.881. The Morgan fingerprint density at radius 3 is 2.84 bits per heavy atom. The molecule has 0 spiro atoms. The molecule has 102 valence electrons. The summed E-state index contributed by atoms with van der Waals surface area (Å²) in [5.41, 5.74) is 6.36. The van der Waals surface area contributed by atoms with Crippen molar-refractivity contribution in [1.82, 2.24) is 9.97 Å². The highest BCUT2D eigenvalue weighted by molar-refractivity contribution is 5.59. The summed E-state index contributed by atoms with van der Waals surface area (Å²) in [6, 6.07) is 4.09. The van der Waals surface area contributed by atoms with Gasteiger partial charge in [-0.3, -0.25) is 0 Å². The molecule has 0 aliphatic heterocycles. The van der Waals surface area contributed by atoms with E-state index in [0.29, 0.717) is 12.2 Å². The van der Waals surface area contributed by atoms with Gasteiger partial charge in [0.15, 0.2) is 11.6 Å². The summed E-state index contributed by atoms with van der Waals surface area (Å²) in [6.45, 7) is 2.55. The fourth-order valence-electron chi connectivity index (χ4n) is 2.11. The fraction of sp³-hybridized carbons (Fsp3) is 0.357. The van der Waals surface area contributed by atoms with E-state index in [1.54, 1.807) is 0 Å². The number of H-pyrrole nitrogens is 1. The Labute approximate surface area is 110 Å². The van der Waals surface area contributed by atoms with Gasteiger partial charge in [0.05, 0.1) is 11.9 Å². The van der Waals surface area contributed by atoms with Crippen molar-refractivity contribution >= 4 is 0 Å². The molecule has 2 aromatic rings. The van der Waals surface area contributed by atoms with Gasteiger partial charge in [-0.05, 0) is 18.6 Å². The molecule has 3 N–H and O–H groups in total. The number of aromatic amines is 1. The Hall–Kier alpha value is -1.75. The van der Waals surface area contributed by atoms with Crippen molar-refractivity contribution in [2.24, 2.45) is 5.73 Å². The van der Waals surface area contributed by atoms with Gasteiger partial charge >= 0.3 is 0 Å². The highest BCUT2D eigenvalue weighted by Gasteiger charge is 2.16. The van der Waals surface area contributed by atoms with E-state index in [1.165, 1.54) is 18.3 Å². The van der Waals surface area contributed by atoms with Crippen LogP contribution in [0.4, 0.5) is 8.78 Å². The van der Waals surface area contributed by atoms with Crippen LogP contribution in [0.15, 0.2) is 24.4 Å². The number of nitrogens with two attached hydrogens (primary N) is 1. The van der Waals surface area contributed by atoms with Crippen molar-refractivity contribution in [3.05, 3.63) is 41.9 Å². The molecule has 1 unspecified atom stereocenters. The third-order valence-corrected chi connectivity index (χ3v) is 3.15. The SMILES string of the molecule is CCCC(CN)c1ncc(-c2cccc(F)c2F)[nH]1. The predicted molar refractivity (Wildman–Crippen MR) is 70.6 cm³/mol. The Bertz CT molecular complexity index is 551. The van der Waals surface area contributed by atoms with Gasteiger partial charge in [-0.1, -0.05) is 19.4 Å². The molecule has 1 atom stereocenters. The maximum Gasteiger partial charge on any atom is 0.168 e. The largest absolute Gasteiger partial charge is 0.342 e. The summed E-state index contributed by atoms with van der Waals surface area (Å²) in [4.78, 5) is 7.26. The first kappa shape index (κ1) is 13.7. The fourth-order valence-corrected chi connectivity index (χ4v) is 2.11. The van der Waals surface area contributed by atoms with Gasteiger partial charge in [0.1, 0.15) is 5.82 Å². The molecular formula is C14H17F2N3. The van der Waals surface area contributed by atoms with Crippen LogP contribution >= 0.6 is 0 Å². The zero-order chi connectivity index (χ0) is 13.8. The molecule has 1 heterocycles. The van der Waals surface area contributed by atoms with Gasteiger partial charge < -0.3 is 10.7 Å². The zero-order valence-electron chi connectivity index (χ0n) is 10.8. The van der Waals surface area contributed by atoms with Crippen LogP contribution in [0.2, 0.25) is 0 Å². The molecule has 3 nitrogen and oxygen atoms in total. The molecule has 0 amide bonds. The molecule has 2 rings (SSSR count). The molecule has 1 aromatic carbocycles. The molecule has 0 aliphatic rings. The maximum atomic E-state index is 13.7. The molecule has 0 bridgehead atoms. The number of imidazole rings is 1. The Morgan fingerprint density at radius 1 is 1.37 bits per heavy atom. The van der Waals surface area contributed by atoms with Crippen molar-refractivity contribution < 1.29 is 8.78 Å². The first-order chi connectivity index (χ1) is 9.17. The zero-order valence-corrected chi connectivity index (χ0v) is 10.8. The Morgan fingerprint density at radius 2 is 2.16 bits per heavy atom. The van der Waals surface area contributed by atoms with Crippen LogP contribution in [0.3, 0.4) is 0 Å². The number of nitrogens with one attached hydrogen (secondary N) is 1. The Kier molecular flexibility index (Phi) is 4.27. The second-order valence-electron chi connectivity index (χ2n) is 4.50. The third kappa shape index (κ3) is 2.81. The third-order valence-electron chi connectivity index (χ3n) is 3.15. The first-order valence-corrected chi connectivity index (χ1v) is 6.36. The normalized spacial score (nSPS) is 12.6. The Balaban J connectivity index is 2.32. The minimum atomic E-state index is -0.863. The summed E-state index contributed by atoms with van der Waals surface area (Å²) in [5, 5.41) is 0. The molecule has 0 fully saturated rings. The lowest BCUT2D eigenvalue weighted by Crippen LogP contribution is -2.13. The van der Waals surface area contributed by atoms with E-state index in [2.05, 4.69) is 16.9 Å². The van der Waals surface area contributed by atoms with Crippen molar-refractivity contribution in [2.75, 3.05) is 6.54 Å². The average molecular weight is 265 g/mol. The van der Waals surface area contributed by atoms with Gasteiger partial charge in [-0.15, -0.1) is 0 Å². The predicted octanol–water partition coefficient (Wildman–Crippen LogP) is 3.20. The molecule has 0 saturated carbocycles. The average Bonchev–Trinajstić information content (AvgIpc) is 2.88. The van der Waals surface area contributed by atoms with E-state index >= 15 is 0 Å². The number of aromatic nitrogens is 2. The molecule has 1 aromatic heterocycles. The van der Waals surface area contributed by atoms with E-state index in [-0.39, 0.29) is 11.5 Å². The first-order valence-electron chi connectivity index (χ1n) is 6.36. The summed E-state index contributed by atoms with van der Waals surface area (Å²) < 4.78 is 26.9. The molecule has 5 heteroatoms. The second kappa shape index (κ2) is 5.93. The van der Waals surface area contributed by atoms with Gasteiger partial charge in [0, 0.05) is 18.0 Å². The smallest absolute Gasteiger partial charge is 0.168 e. The molecule has 0 radical (unpaired) electrons. The lowest BCUT2D eigenvalue weighted by molar-refractivity contribution is 0.511. The van der Waals surface area contributed by atoms with Crippen LogP contribution < -0.4 is 5.73 Å². The van der Waals surface area contributed by atoms with E-state index in [9.17, 15) is 8.78 Å². The minimum Gasteiger partial charge on any atom is -0.342 e. The van der Waals surface area contributed by atoms with E-state index in [1.807, 2.05) is 0 Å². The van der Waals surface area contributed by atoms with E-state index < -0.39 is 11.6 Å². The van der Waals surface area contributed by atoms with Crippen molar-refractivity contribution in [3.8, 4) is 11.3 Å². The van der Waals surface area contributed by atoms with Crippen LogP contribution in [0.25, 0.3) is 11.3 Å². The van der Waals surface area contributed by atoms with Gasteiger partial charge in [-0.2, -0.15) is 0 Å². The molecule has 0 aliphatic carbocycles. The van der Waals surface area contributed by atoms with Gasteiger partial charge in [0.2, 0.25) is 0 Å². The van der Waals surface area contributed by atoms with Crippen LogP contribution in [0.5, 0.6) is 0 Å². The highest BCUT2D eigenvalue weighted by atomic mass is 19.2. The topological polar surface area (TPSA) is 54.7 Å². The number of halogens is 2. The monoisotopic (exact) mass is 265 g/mol. The maximum absolute atomic E-state index is 13.7. The molecule has 19 heavy (non-hydrogen) atoms.